The lowest BCUT2D eigenvalue weighted by Gasteiger charge is -2.32. The normalized spacial score (nSPS) is 27.8. The highest BCUT2D eigenvalue weighted by Crippen LogP contribution is 2.56. The van der Waals surface area contributed by atoms with E-state index >= 15 is 0 Å². The predicted molar refractivity (Wildman–Crippen MR) is 81.0 cm³/mol. The lowest BCUT2D eigenvalue weighted by atomic mass is 9.78. The van der Waals surface area contributed by atoms with Gasteiger partial charge in [-0.3, -0.25) is 0 Å². The monoisotopic (exact) mass is 310 g/mol. The second-order valence-corrected chi connectivity index (χ2v) is 7.15. The first-order valence-electron chi connectivity index (χ1n) is 7.48. The average Bonchev–Trinajstić information content (AvgIpc) is 2.98. The molecule has 120 valence electrons. The summed E-state index contributed by atoms with van der Waals surface area (Å²) in [5.74, 6) is -2.80. The fraction of sp³-hybridized carbons (Fsp3) is 0.625. The van der Waals surface area contributed by atoms with E-state index in [0.717, 1.165) is 5.46 Å². The van der Waals surface area contributed by atoms with Crippen molar-refractivity contribution in [3.63, 3.8) is 0 Å². The predicted octanol–water partition coefficient (Wildman–Crippen LogP) is 3.12. The summed E-state index contributed by atoms with van der Waals surface area (Å²) < 4.78 is 44.0. The number of ether oxygens (including phenoxy) is 1. The minimum atomic E-state index is -2.61. The van der Waals surface area contributed by atoms with Crippen molar-refractivity contribution >= 4 is 12.6 Å². The molecule has 6 heteroatoms. The Balaban J connectivity index is 1.93. The van der Waals surface area contributed by atoms with Gasteiger partial charge in [0, 0.05) is 6.42 Å². The van der Waals surface area contributed by atoms with Crippen LogP contribution in [0.2, 0.25) is 0 Å². The van der Waals surface area contributed by atoms with Crippen LogP contribution in [0.4, 0.5) is 8.78 Å². The molecule has 1 aromatic rings. The Labute approximate surface area is 130 Å². The van der Waals surface area contributed by atoms with Gasteiger partial charge < -0.3 is 14.0 Å². The first-order chi connectivity index (χ1) is 10.1. The van der Waals surface area contributed by atoms with Crippen LogP contribution in [-0.4, -0.2) is 31.4 Å². The number of methoxy groups -OCH3 is 1. The highest BCUT2D eigenvalue weighted by atomic mass is 19.3. The molecule has 0 amide bonds. The summed E-state index contributed by atoms with van der Waals surface area (Å²) in [7, 11) is 0.948. The zero-order chi connectivity index (χ0) is 16.3. The van der Waals surface area contributed by atoms with Crippen LogP contribution in [0, 0.1) is 0 Å². The quantitative estimate of drug-likeness (QED) is 0.803. The standard InChI is InChI=1S/C16H21BF2O3/c1-14(2)15(3,4)22-17(21-14)11-6-10(7-12(8-11)20-5)13-9-16(13,18)19/h6-8,13H,9H2,1-5H3. The second kappa shape index (κ2) is 4.68. The maximum atomic E-state index is 13.4. The summed E-state index contributed by atoms with van der Waals surface area (Å²) in [6.45, 7) is 7.85. The van der Waals surface area contributed by atoms with Crippen LogP contribution in [0.5, 0.6) is 5.75 Å². The average molecular weight is 310 g/mol. The van der Waals surface area contributed by atoms with Gasteiger partial charge in [0.2, 0.25) is 0 Å². The van der Waals surface area contributed by atoms with E-state index in [9.17, 15) is 8.78 Å². The molecule has 1 unspecified atom stereocenters. The minimum absolute atomic E-state index is 0.108. The van der Waals surface area contributed by atoms with Gasteiger partial charge in [0.25, 0.3) is 5.92 Å². The van der Waals surface area contributed by atoms with Crippen LogP contribution in [0.25, 0.3) is 0 Å². The molecule has 1 aliphatic carbocycles. The zero-order valence-corrected chi connectivity index (χ0v) is 13.6. The van der Waals surface area contributed by atoms with E-state index < -0.39 is 30.2 Å². The summed E-state index contributed by atoms with van der Waals surface area (Å²) in [5, 5.41) is 0. The van der Waals surface area contributed by atoms with E-state index in [-0.39, 0.29) is 6.42 Å². The van der Waals surface area contributed by atoms with Gasteiger partial charge >= 0.3 is 7.12 Å². The van der Waals surface area contributed by atoms with Crippen LogP contribution in [0.1, 0.15) is 45.6 Å². The third-order valence-corrected chi connectivity index (χ3v) is 4.94. The number of halogens is 2. The van der Waals surface area contributed by atoms with Crippen molar-refractivity contribution in [1.82, 2.24) is 0 Å². The molecule has 0 N–H and O–H groups in total. The van der Waals surface area contributed by atoms with E-state index in [1.807, 2.05) is 27.7 Å². The molecular formula is C16H21BF2O3. The molecule has 0 radical (unpaired) electrons. The molecule has 2 aliphatic rings. The van der Waals surface area contributed by atoms with Gasteiger partial charge in [-0.1, -0.05) is 6.07 Å². The summed E-state index contributed by atoms with van der Waals surface area (Å²) in [6.07, 6.45) is -0.108. The van der Waals surface area contributed by atoms with Crippen LogP contribution >= 0.6 is 0 Å². The lowest BCUT2D eigenvalue weighted by Crippen LogP contribution is -2.41. The van der Waals surface area contributed by atoms with Crippen molar-refractivity contribution in [2.75, 3.05) is 7.11 Å². The van der Waals surface area contributed by atoms with Gasteiger partial charge in [-0.15, -0.1) is 0 Å². The van der Waals surface area contributed by atoms with E-state index in [2.05, 4.69) is 0 Å². The molecule has 22 heavy (non-hydrogen) atoms. The molecule has 3 nitrogen and oxygen atoms in total. The largest absolute Gasteiger partial charge is 0.497 e. The molecule has 1 saturated carbocycles. The van der Waals surface area contributed by atoms with Crippen molar-refractivity contribution in [2.45, 2.75) is 57.2 Å². The summed E-state index contributed by atoms with van der Waals surface area (Å²) in [4.78, 5) is 0. The summed E-state index contributed by atoms with van der Waals surface area (Å²) in [6, 6.07) is 5.20. The fourth-order valence-corrected chi connectivity index (χ4v) is 2.66. The van der Waals surface area contributed by atoms with E-state index in [1.54, 1.807) is 18.2 Å². The van der Waals surface area contributed by atoms with Crippen molar-refractivity contribution in [1.29, 1.82) is 0 Å². The molecule has 0 spiro atoms. The van der Waals surface area contributed by atoms with E-state index in [1.165, 1.54) is 7.11 Å². The van der Waals surface area contributed by atoms with Gasteiger partial charge in [-0.2, -0.15) is 0 Å². The number of hydrogen-bond acceptors (Lipinski definition) is 3. The fourth-order valence-electron chi connectivity index (χ4n) is 2.66. The third-order valence-electron chi connectivity index (χ3n) is 4.94. The molecule has 1 aromatic carbocycles. The number of benzene rings is 1. The number of rotatable bonds is 3. The molecule has 1 saturated heterocycles. The zero-order valence-electron chi connectivity index (χ0n) is 13.6. The van der Waals surface area contributed by atoms with Gasteiger partial charge in [0.05, 0.1) is 24.2 Å². The summed E-state index contributed by atoms with van der Waals surface area (Å²) >= 11 is 0. The van der Waals surface area contributed by atoms with Crippen LogP contribution in [0.3, 0.4) is 0 Å². The third kappa shape index (κ3) is 2.52. The molecule has 0 aromatic heterocycles. The number of hydrogen-bond donors (Lipinski definition) is 0. The minimum Gasteiger partial charge on any atom is -0.497 e. The van der Waals surface area contributed by atoms with Gasteiger partial charge in [-0.05, 0) is 50.9 Å². The van der Waals surface area contributed by atoms with E-state index in [4.69, 9.17) is 14.0 Å². The van der Waals surface area contributed by atoms with Crippen LogP contribution < -0.4 is 10.2 Å². The molecule has 2 fully saturated rings. The summed E-state index contributed by atoms with van der Waals surface area (Å²) in [5.41, 5.74) is 0.360. The smallest absolute Gasteiger partial charge is 0.494 e. The van der Waals surface area contributed by atoms with Crippen molar-refractivity contribution in [2.24, 2.45) is 0 Å². The van der Waals surface area contributed by atoms with E-state index in [0.29, 0.717) is 11.3 Å². The van der Waals surface area contributed by atoms with Crippen molar-refractivity contribution in [3.05, 3.63) is 23.8 Å². The molecule has 3 rings (SSSR count). The SMILES string of the molecule is COc1cc(B2OC(C)(C)C(C)(C)O2)cc(C2CC2(F)F)c1. The maximum Gasteiger partial charge on any atom is 0.494 e. The second-order valence-electron chi connectivity index (χ2n) is 7.15. The Hall–Kier alpha value is -1.14. The lowest BCUT2D eigenvalue weighted by molar-refractivity contribution is 0.00578. The molecule has 0 bridgehead atoms. The van der Waals surface area contributed by atoms with Crippen LogP contribution in [0.15, 0.2) is 18.2 Å². The van der Waals surface area contributed by atoms with Gasteiger partial charge in [-0.25, -0.2) is 8.78 Å². The Morgan fingerprint density at radius 3 is 2.09 bits per heavy atom. The Kier molecular flexibility index (Phi) is 3.35. The highest BCUT2D eigenvalue weighted by molar-refractivity contribution is 6.62. The van der Waals surface area contributed by atoms with Gasteiger partial charge in [0.1, 0.15) is 5.75 Å². The van der Waals surface area contributed by atoms with Crippen molar-refractivity contribution < 1.29 is 22.8 Å². The highest BCUT2D eigenvalue weighted by Gasteiger charge is 2.58. The van der Waals surface area contributed by atoms with Crippen molar-refractivity contribution in [3.8, 4) is 5.75 Å². The Bertz CT molecular complexity index is 585. The van der Waals surface area contributed by atoms with Crippen LogP contribution in [-0.2, 0) is 9.31 Å². The number of alkyl halides is 2. The molecule has 1 heterocycles. The first-order valence-corrected chi connectivity index (χ1v) is 7.48. The first kappa shape index (κ1) is 15.7. The topological polar surface area (TPSA) is 27.7 Å². The Morgan fingerprint density at radius 1 is 1.09 bits per heavy atom. The molecule has 1 atom stereocenters. The molecule has 1 aliphatic heterocycles. The Morgan fingerprint density at radius 2 is 1.64 bits per heavy atom. The van der Waals surface area contributed by atoms with Gasteiger partial charge in [0.15, 0.2) is 0 Å². The maximum absolute atomic E-state index is 13.4. The molecular weight excluding hydrogens is 289 g/mol.